The zero-order chi connectivity index (χ0) is 54.1. The van der Waals surface area contributed by atoms with Crippen molar-refractivity contribution in [3.63, 3.8) is 0 Å². The molecule has 0 unspecified atom stereocenters. The van der Waals surface area contributed by atoms with Crippen LogP contribution in [0.25, 0.3) is 0 Å². The summed E-state index contributed by atoms with van der Waals surface area (Å²) in [5, 5.41) is -6.38. The lowest BCUT2D eigenvalue weighted by molar-refractivity contribution is -0.144. The summed E-state index contributed by atoms with van der Waals surface area (Å²) in [6, 6.07) is 6.87. The number of alkyl halides is 24. The second kappa shape index (κ2) is 19.2. The summed E-state index contributed by atoms with van der Waals surface area (Å²) in [6.07, 6.45) is -45.2. The monoisotopic (exact) mass is 1110 g/mol. The van der Waals surface area contributed by atoms with Gasteiger partial charge in [-0.15, -0.1) is 0 Å². The van der Waals surface area contributed by atoms with Crippen molar-refractivity contribution in [2.45, 2.75) is 56.0 Å². The Morgan fingerprint density at radius 3 is 0.597 bits per heavy atom. The van der Waals surface area contributed by atoms with Crippen LogP contribution in [0.3, 0.4) is 0 Å². The summed E-state index contributed by atoms with van der Waals surface area (Å²) in [6.45, 7) is 1.17. The van der Waals surface area contributed by atoms with Crippen LogP contribution in [0.1, 0.15) is 44.5 Å². The molecule has 0 aromatic heterocycles. The van der Waals surface area contributed by atoms with Crippen LogP contribution >= 0.6 is 15.8 Å². The molecule has 27 heteroatoms. The maximum atomic E-state index is 14.3. The number of hydrogen-bond donors (Lipinski definition) is 0. The van der Waals surface area contributed by atoms with Crippen molar-refractivity contribution in [2.75, 3.05) is 0 Å². The topological polar surface area (TPSA) is 0 Å². The van der Waals surface area contributed by atoms with Crippen LogP contribution in [-0.4, -0.2) is 8.80 Å². The number of benzene rings is 6. The Morgan fingerprint density at radius 1 is 0.264 bits per heavy atom. The third-order valence-corrected chi connectivity index (χ3v) is 18.2. The van der Waals surface area contributed by atoms with Gasteiger partial charge in [0.25, 0.3) is 0 Å². The first kappa shape index (κ1) is 56.0. The van der Waals surface area contributed by atoms with Gasteiger partial charge in [-0.05, 0) is 131 Å². The molecule has 6 rings (SSSR count). The van der Waals surface area contributed by atoms with E-state index in [1.807, 2.05) is 0 Å². The molecule has 0 spiro atoms. The molecule has 0 heterocycles. The second-order valence-corrected chi connectivity index (χ2v) is 22.1. The third-order valence-electron chi connectivity index (χ3n) is 10.4. The molecule has 385 valence electrons. The Morgan fingerprint density at radius 2 is 0.431 bits per heavy atom. The predicted octanol–water partition coefficient (Wildman–Crippen LogP) is 13.6. The van der Waals surface area contributed by atoms with Crippen molar-refractivity contribution in [1.82, 2.24) is 0 Å². The van der Waals surface area contributed by atoms with E-state index in [0.717, 1.165) is 48.5 Å². The fourth-order valence-electron chi connectivity index (χ4n) is 7.24. The smallest absolute Gasteiger partial charge is 0.166 e. The van der Waals surface area contributed by atoms with Crippen molar-refractivity contribution < 1.29 is 105 Å². The minimum Gasteiger partial charge on any atom is -0.166 e. The van der Waals surface area contributed by atoms with Gasteiger partial charge in [0.05, 0.1) is 44.5 Å². The molecule has 72 heavy (non-hydrogen) atoms. The number of rotatable bonds is 8. The van der Waals surface area contributed by atoms with Gasteiger partial charge in [0.1, 0.15) is 8.80 Å². The van der Waals surface area contributed by atoms with Crippen molar-refractivity contribution in [2.24, 2.45) is 0 Å². The third kappa shape index (κ3) is 12.5. The van der Waals surface area contributed by atoms with E-state index in [4.69, 9.17) is 0 Å². The lowest BCUT2D eigenvalue weighted by Crippen LogP contribution is -2.52. The minimum absolute atomic E-state index is 0.0400. The molecule has 0 amide bonds. The molecule has 0 aliphatic carbocycles. The molecular formula is C45H23F24P2Si. The maximum absolute atomic E-state index is 14.3. The predicted molar refractivity (Wildman–Crippen MR) is 221 cm³/mol. The van der Waals surface area contributed by atoms with Gasteiger partial charge < -0.3 is 0 Å². The lowest BCUT2D eigenvalue weighted by atomic mass is 10.1. The maximum Gasteiger partial charge on any atom is 0.416 e. The van der Waals surface area contributed by atoms with Crippen LogP contribution in [0.2, 0.25) is 6.55 Å². The first-order valence-corrected chi connectivity index (χ1v) is 24.1. The van der Waals surface area contributed by atoms with E-state index in [1.54, 1.807) is 0 Å². The number of hydrogen-bond acceptors (Lipinski definition) is 0. The molecule has 0 N–H and O–H groups in total. The van der Waals surface area contributed by atoms with Crippen LogP contribution in [-0.2, 0) is 49.4 Å². The molecule has 6 aromatic rings. The summed E-state index contributed by atoms with van der Waals surface area (Å²) >= 11 is 0. The summed E-state index contributed by atoms with van der Waals surface area (Å²) < 4.78 is 344. The van der Waals surface area contributed by atoms with E-state index in [-0.39, 0.29) is 83.2 Å². The van der Waals surface area contributed by atoms with Gasteiger partial charge in [-0.1, -0.05) is 55.1 Å². The average Bonchev–Trinajstić information content (AvgIpc) is 3.24. The highest BCUT2D eigenvalue weighted by Crippen LogP contribution is 2.46. The van der Waals surface area contributed by atoms with E-state index in [1.165, 1.54) is 6.55 Å². The summed E-state index contributed by atoms with van der Waals surface area (Å²) in [4.78, 5) is 0. The SMILES string of the molecule is C[Si](c1ccccc1P(c1cc(C(F)(F)F)cc(C(F)(F)F)c1)c1cc(C(F)(F)F)cc(C(F)(F)F)c1)c1ccccc1P(c1cc(C(F)(F)F)cc(C(F)(F)F)c1)c1cc(C(F)(F)F)cc(C(F)(F)F)c1. The molecule has 0 atom stereocenters. The minimum atomic E-state index is -5.65. The lowest BCUT2D eigenvalue weighted by Gasteiger charge is -2.29. The zero-order valence-electron chi connectivity index (χ0n) is 35.0. The molecule has 1 radical (unpaired) electrons. The fraction of sp³-hybridized carbons (Fsp3) is 0.200. The first-order valence-electron chi connectivity index (χ1n) is 19.5. The van der Waals surface area contributed by atoms with Gasteiger partial charge in [-0.3, -0.25) is 0 Å². The zero-order valence-corrected chi connectivity index (χ0v) is 37.8. The van der Waals surface area contributed by atoms with Gasteiger partial charge in [-0.2, -0.15) is 105 Å². The molecule has 0 nitrogen and oxygen atoms in total. The molecule has 6 aromatic carbocycles. The van der Waals surface area contributed by atoms with Gasteiger partial charge in [0.2, 0.25) is 0 Å². The van der Waals surface area contributed by atoms with Gasteiger partial charge in [0, 0.05) is 0 Å². The first-order chi connectivity index (χ1) is 32.7. The molecule has 0 bridgehead atoms. The van der Waals surface area contributed by atoms with Crippen LogP contribution in [0.15, 0.2) is 121 Å². The molecular weight excluding hydrogens is 1090 g/mol. The Hall–Kier alpha value is -5.28. The van der Waals surface area contributed by atoms with Crippen molar-refractivity contribution in [1.29, 1.82) is 0 Å². The summed E-state index contributed by atoms with van der Waals surface area (Å²) in [7, 11) is -10.2. The van der Waals surface area contributed by atoms with Crippen LogP contribution in [0, 0.1) is 0 Å². The number of halogens is 24. The highest BCUT2D eigenvalue weighted by atomic mass is 31.1. The average molecular weight is 1110 g/mol. The van der Waals surface area contributed by atoms with E-state index >= 15 is 0 Å². The van der Waals surface area contributed by atoms with Crippen molar-refractivity contribution in [3.05, 3.63) is 166 Å². The van der Waals surface area contributed by atoms with Crippen LogP contribution in [0.4, 0.5) is 105 Å². The summed E-state index contributed by atoms with van der Waals surface area (Å²) in [5.74, 6) is 0. The van der Waals surface area contributed by atoms with Gasteiger partial charge >= 0.3 is 49.4 Å². The van der Waals surface area contributed by atoms with Crippen LogP contribution in [0.5, 0.6) is 0 Å². The summed E-state index contributed by atoms with van der Waals surface area (Å²) in [5.41, 5.74) is -16.6. The normalized spacial score (nSPS) is 13.7. The molecule has 0 aliphatic rings. The van der Waals surface area contributed by atoms with Gasteiger partial charge in [0.15, 0.2) is 0 Å². The van der Waals surface area contributed by atoms with Gasteiger partial charge in [-0.25, -0.2) is 0 Å². The standard InChI is InChI=1S/C45H23F24P2Si/c1-72(36-8-4-2-6-34(36)70(30-14-22(38(46,47)48)10-23(15-30)39(49,50)51)31-16-24(40(52,53)54)11-25(17-31)41(55,56)57)37-9-5-3-7-35(37)71(32-18-26(42(58,59)60)12-27(19-32)43(61,62)63)33-20-28(44(64,65)66)13-29(21-33)45(67,68)69/h2-21H,1H3. The Bertz CT molecular complexity index is 2480. The second-order valence-electron chi connectivity index (χ2n) is 15.4. The highest BCUT2D eigenvalue weighted by molar-refractivity contribution is 7.81. The molecule has 0 aliphatic heterocycles. The van der Waals surface area contributed by atoms with E-state index in [0.29, 0.717) is 0 Å². The van der Waals surface area contributed by atoms with E-state index in [2.05, 4.69) is 0 Å². The van der Waals surface area contributed by atoms with Crippen molar-refractivity contribution in [3.8, 4) is 0 Å². The van der Waals surface area contributed by atoms with Crippen LogP contribution < -0.4 is 42.2 Å². The van der Waals surface area contributed by atoms with Crippen molar-refractivity contribution >= 4 is 66.8 Å². The fourth-order valence-corrected chi connectivity index (χ4v) is 15.8. The Labute approximate surface area is 393 Å². The Balaban J connectivity index is 1.75. The Kier molecular flexibility index (Phi) is 14.9. The van der Waals surface area contributed by atoms with E-state index in [9.17, 15) is 105 Å². The quantitative estimate of drug-likeness (QED) is 0.0809. The van der Waals surface area contributed by atoms with E-state index < -0.39 is 150 Å². The largest absolute Gasteiger partial charge is 0.416 e. The highest BCUT2D eigenvalue weighted by Gasteiger charge is 2.44. The molecule has 0 saturated carbocycles. The molecule has 0 saturated heterocycles. The molecule has 0 fully saturated rings.